The van der Waals surface area contributed by atoms with Gasteiger partial charge in [-0.25, -0.2) is 4.39 Å². The Hall–Kier alpha value is -3.39. The van der Waals surface area contributed by atoms with E-state index >= 15 is 0 Å². The molecule has 3 aromatic rings. The fourth-order valence-corrected chi connectivity index (χ4v) is 4.27. The number of Topliss-reactive ketones (excluding diaryl/α,β-unsaturated/α-hetero) is 1. The summed E-state index contributed by atoms with van der Waals surface area (Å²) in [4.78, 5) is 13.2. The van der Waals surface area contributed by atoms with Crippen molar-refractivity contribution in [1.29, 1.82) is 5.26 Å². The molecule has 0 spiro atoms. The first kappa shape index (κ1) is 19.9. The molecule has 0 atom stereocenters. The molecule has 1 saturated carbocycles. The molecule has 0 amide bonds. The first-order chi connectivity index (χ1) is 14.3. The molecule has 4 nitrogen and oxygen atoms in total. The Labute approximate surface area is 175 Å². The van der Waals surface area contributed by atoms with Crippen LogP contribution in [0.1, 0.15) is 57.6 Å². The Morgan fingerprint density at radius 1 is 1.07 bits per heavy atom. The van der Waals surface area contributed by atoms with Crippen molar-refractivity contribution in [3.8, 4) is 11.8 Å². The number of rotatable bonds is 5. The van der Waals surface area contributed by atoms with Gasteiger partial charge in [0, 0.05) is 40.1 Å². The van der Waals surface area contributed by atoms with Gasteiger partial charge in [0.1, 0.15) is 17.5 Å². The van der Waals surface area contributed by atoms with Gasteiger partial charge in [-0.05, 0) is 88.6 Å². The van der Waals surface area contributed by atoms with Crippen LogP contribution in [0.25, 0.3) is 11.8 Å². The van der Waals surface area contributed by atoms with Gasteiger partial charge in [-0.1, -0.05) is 0 Å². The Bertz CT molecular complexity index is 1210. The normalized spacial score (nSPS) is 14.1. The number of benzene rings is 1. The molecular weight excluding hydrogens is 377 g/mol. The highest BCUT2D eigenvalue weighted by Crippen LogP contribution is 2.38. The van der Waals surface area contributed by atoms with Crippen LogP contribution in [-0.2, 0) is 0 Å². The molecule has 0 aliphatic heterocycles. The van der Waals surface area contributed by atoms with Gasteiger partial charge in [0.15, 0.2) is 0 Å². The highest BCUT2D eigenvalue weighted by Gasteiger charge is 2.27. The maximum atomic E-state index is 13.3. The first-order valence-electron chi connectivity index (χ1n) is 10.1. The second kappa shape index (κ2) is 7.46. The molecule has 1 aliphatic rings. The van der Waals surface area contributed by atoms with Crippen LogP contribution in [0.4, 0.5) is 4.39 Å². The molecule has 4 rings (SSSR count). The second-order valence-electron chi connectivity index (χ2n) is 8.02. The lowest BCUT2D eigenvalue weighted by Gasteiger charge is -2.09. The number of carbonyl (C=O) groups excluding carboxylic acids is 1. The molecule has 0 radical (unpaired) electrons. The predicted octanol–water partition coefficient (Wildman–Crippen LogP) is 5.78. The van der Waals surface area contributed by atoms with Crippen molar-refractivity contribution < 1.29 is 9.18 Å². The zero-order valence-electron chi connectivity index (χ0n) is 17.7. The van der Waals surface area contributed by atoms with Gasteiger partial charge in [-0.2, -0.15) is 5.26 Å². The number of ketones is 1. The second-order valence-corrected chi connectivity index (χ2v) is 8.02. The Morgan fingerprint density at radius 2 is 1.73 bits per heavy atom. The number of allylic oxidation sites excluding steroid dienone is 1. The number of hydrogen-bond acceptors (Lipinski definition) is 2. The number of aryl methyl sites for hydroxylation is 2. The predicted molar refractivity (Wildman–Crippen MR) is 115 cm³/mol. The van der Waals surface area contributed by atoms with E-state index in [9.17, 15) is 14.4 Å². The van der Waals surface area contributed by atoms with Crippen LogP contribution in [0.2, 0.25) is 0 Å². The molecule has 2 heterocycles. The third-order valence-corrected chi connectivity index (χ3v) is 5.86. The quantitative estimate of drug-likeness (QED) is 0.309. The molecule has 0 saturated heterocycles. The molecular formula is C25H24FN3O. The summed E-state index contributed by atoms with van der Waals surface area (Å²) in [6, 6.07) is 12.6. The Morgan fingerprint density at radius 3 is 2.33 bits per heavy atom. The number of nitriles is 1. The smallest absolute Gasteiger partial charge is 0.205 e. The number of halogens is 1. The topological polar surface area (TPSA) is 50.7 Å². The van der Waals surface area contributed by atoms with Gasteiger partial charge in [0.05, 0.1) is 0 Å². The molecule has 0 unspecified atom stereocenters. The lowest BCUT2D eigenvalue weighted by molar-refractivity contribution is 0.103. The molecule has 0 N–H and O–H groups in total. The van der Waals surface area contributed by atoms with Gasteiger partial charge in [-0.3, -0.25) is 4.79 Å². The van der Waals surface area contributed by atoms with E-state index in [1.165, 1.54) is 25.0 Å². The van der Waals surface area contributed by atoms with Gasteiger partial charge in [-0.15, -0.1) is 0 Å². The summed E-state index contributed by atoms with van der Waals surface area (Å²) in [5.74, 6) is -0.605. The molecule has 1 aliphatic carbocycles. The van der Waals surface area contributed by atoms with E-state index in [4.69, 9.17) is 0 Å². The summed E-state index contributed by atoms with van der Waals surface area (Å²) in [5, 5.41) is 9.73. The summed E-state index contributed by atoms with van der Waals surface area (Å²) in [7, 11) is 0. The Balaban J connectivity index is 1.73. The lowest BCUT2D eigenvalue weighted by Crippen LogP contribution is -2.05. The van der Waals surface area contributed by atoms with Crippen molar-refractivity contribution in [2.45, 2.75) is 46.6 Å². The minimum Gasteiger partial charge on any atom is -0.346 e. The van der Waals surface area contributed by atoms with Crippen LogP contribution >= 0.6 is 0 Å². The molecule has 152 valence electrons. The van der Waals surface area contributed by atoms with Crippen LogP contribution in [-0.4, -0.2) is 14.9 Å². The zero-order chi connectivity index (χ0) is 21.6. The van der Waals surface area contributed by atoms with Crippen molar-refractivity contribution in [1.82, 2.24) is 9.13 Å². The molecule has 2 aromatic heterocycles. The van der Waals surface area contributed by atoms with Gasteiger partial charge >= 0.3 is 0 Å². The number of aromatic nitrogens is 2. The summed E-state index contributed by atoms with van der Waals surface area (Å²) in [5.41, 5.74) is 6.12. The van der Waals surface area contributed by atoms with Crippen LogP contribution in [0.3, 0.4) is 0 Å². The van der Waals surface area contributed by atoms with E-state index in [-0.39, 0.29) is 17.2 Å². The minimum absolute atomic E-state index is 0.116. The Kier molecular flexibility index (Phi) is 4.95. The van der Waals surface area contributed by atoms with Crippen molar-refractivity contribution in [3.05, 3.63) is 81.7 Å². The zero-order valence-corrected chi connectivity index (χ0v) is 17.7. The van der Waals surface area contributed by atoms with Crippen molar-refractivity contribution in [2.24, 2.45) is 0 Å². The monoisotopic (exact) mass is 401 g/mol. The third kappa shape index (κ3) is 3.39. The van der Waals surface area contributed by atoms with Crippen molar-refractivity contribution >= 4 is 11.9 Å². The highest BCUT2D eigenvalue weighted by molar-refractivity contribution is 6.15. The van der Waals surface area contributed by atoms with E-state index in [0.717, 1.165) is 34.0 Å². The van der Waals surface area contributed by atoms with Gasteiger partial charge < -0.3 is 9.13 Å². The lowest BCUT2D eigenvalue weighted by atomic mass is 10.0. The van der Waals surface area contributed by atoms with Gasteiger partial charge in [0.25, 0.3) is 0 Å². The average molecular weight is 401 g/mol. The average Bonchev–Trinajstić information content (AvgIpc) is 3.44. The van der Waals surface area contributed by atoms with Crippen molar-refractivity contribution in [3.63, 3.8) is 0 Å². The fraction of sp³-hybridized carbons (Fsp3) is 0.280. The van der Waals surface area contributed by atoms with E-state index in [2.05, 4.69) is 17.6 Å². The molecule has 30 heavy (non-hydrogen) atoms. The number of carbonyl (C=O) groups is 1. The summed E-state index contributed by atoms with van der Waals surface area (Å²) >= 11 is 0. The van der Waals surface area contributed by atoms with E-state index in [0.29, 0.717) is 11.6 Å². The van der Waals surface area contributed by atoms with Crippen molar-refractivity contribution in [2.75, 3.05) is 0 Å². The molecule has 1 aromatic carbocycles. The summed E-state index contributed by atoms with van der Waals surface area (Å²) < 4.78 is 17.5. The van der Waals surface area contributed by atoms with E-state index in [1.807, 2.05) is 31.4 Å². The third-order valence-electron chi connectivity index (χ3n) is 5.86. The fourth-order valence-electron chi connectivity index (χ4n) is 4.27. The summed E-state index contributed by atoms with van der Waals surface area (Å²) in [6.07, 6.45) is 4.06. The molecule has 5 heteroatoms. The maximum Gasteiger partial charge on any atom is 0.205 e. The highest BCUT2D eigenvalue weighted by atomic mass is 19.1. The first-order valence-corrected chi connectivity index (χ1v) is 10.1. The number of hydrogen-bond donors (Lipinski definition) is 0. The van der Waals surface area contributed by atoms with Crippen LogP contribution < -0.4 is 0 Å². The molecule has 1 fully saturated rings. The number of nitrogens with zero attached hydrogens (tertiary/aromatic N) is 3. The van der Waals surface area contributed by atoms with E-state index < -0.39 is 0 Å². The maximum absolute atomic E-state index is 13.3. The standard InChI is InChI=1S/C25H24FN3O/c1-15-11-19(17(3)28(15)23-9-10-23)13-20(14-27)25(30)24-12-16(2)29(18(24)4)22-7-5-21(26)6-8-22/h5-8,11-13,23H,9-10H2,1-4H3. The van der Waals surface area contributed by atoms with Crippen LogP contribution in [0.15, 0.2) is 42.0 Å². The summed E-state index contributed by atoms with van der Waals surface area (Å²) in [6.45, 7) is 7.84. The molecule has 0 bridgehead atoms. The minimum atomic E-state index is -0.309. The van der Waals surface area contributed by atoms with Crippen LogP contribution in [0, 0.1) is 44.8 Å². The largest absolute Gasteiger partial charge is 0.346 e. The van der Waals surface area contributed by atoms with E-state index in [1.54, 1.807) is 24.3 Å². The SMILES string of the molecule is Cc1cc(C(=O)C(C#N)=Cc2cc(C)n(C3CC3)c2C)c(C)n1-c1ccc(F)cc1. The van der Waals surface area contributed by atoms with Gasteiger partial charge in [0.2, 0.25) is 5.78 Å². The van der Waals surface area contributed by atoms with Crippen LogP contribution in [0.5, 0.6) is 0 Å².